The van der Waals surface area contributed by atoms with Crippen LogP contribution in [0, 0.1) is 6.92 Å². The van der Waals surface area contributed by atoms with Crippen LogP contribution in [-0.2, 0) is 5.41 Å². The van der Waals surface area contributed by atoms with Crippen molar-refractivity contribution in [2.75, 3.05) is 43.2 Å². The van der Waals surface area contributed by atoms with Crippen molar-refractivity contribution < 1.29 is 4.79 Å². The summed E-state index contributed by atoms with van der Waals surface area (Å²) in [4.78, 5) is 25.0. The number of anilines is 2. The standard InChI is InChI=1S/C27H31N5OS3/c1-19-8-13-23(36-19)24-22-7-4-5-16-32(22)25(29-24)27(18-35-34)14-6-15-31(17-27)26(33)28-20-9-11-21(12-10-20)30(2)3/h4-5,7-13,16,34H,6,14-15,17-18H2,1-3H3,(H,28,33)/t27-/m0/s1. The molecule has 1 saturated heterocycles. The zero-order valence-electron chi connectivity index (χ0n) is 20.8. The third-order valence-corrected chi connectivity index (χ3v) is 8.91. The number of fused-ring (bicyclic) bond motifs is 1. The molecular formula is C27H31N5OS3. The fraction of sp³-hybridized carbons (Fsp3) is 0.333. The van der Waals surface area contributed by atoms with Gasteiger partial charge in [-0.2, -0.15) is 0 Å². The largest absolute Gasteiger partial charge is 0.378 e. The number of hydrogen-bond donors (Lipinski definition) is 2. The number of aromatic nitrogens is 2. The van der Waals surface area contributed by atoms with Crippen molar-refractivity contribution in [2.24, 2.45) is 0 Å². The lowest BCUT2D eigenvalue weighted by atomic mass is 9.80. The van der Waals surface area contributed by atoms with Crippen molar-refractivity contribution in [1.29, 1.82) is 0 Å². The first kappa shape index (κ1) is 25.0. The normalized spacial score (nSPS) is 17.9. The zero-order valence-corrected chi connectivity index (χ0v) is 23.3. The van der Waals surface area contributed by atoms with E-state index in [1.54, 1.807) is 11.3 Å². The van der Waals surface area contributed by atoms with Crippen LogP contribution >= 0.6 is 33.8 Å². The van der Waals surface area contributed by atoms with Gasteiger partial charge in [-0.1, -0.05) is 16.9 Å². The SMILES string of the molecule is Cc1ccc(-c2nc([C@@]3(CSS)CCCN(C(=O)Nc4ccc(N(C)C)cc4)C3)n3ccccc23)s1. The lowest BCUT2D eigenvalue weighted by Gasteiger charge is -2.41. The predicted molar refractivity (Wildman–Crippen MR) is 157 cm³/mol. The van der Waals surface area contributed by atoms with Gasteiger partial charge in [0.25, 0.3) is 0 Å². The third-order valence-electron chi connectivity index (χ3n) is 6.84. The molecule has 0 bridgehead atoms. The minimum atomic E-state index is -0.300. The number of carbonyl (C=O) groups excluding carboxylic acids is 1. The fourth-order valence-electron chi connectivity index (χ4n) is 4.99. The van der Waals surface area contributed by atoms with Crippen LogP contribution in [0.4, 0.5) is 16.2 Å². The molecule has 6 nitrogen and oxygen atoms in total. The molecule has 1 atom stereocenters. The van der Waals surface area contributed by atoms with Gasteiger partial charge in [0, 0.05) is 55.4 Å². The Balaban J connectivity index is 1.47. The average molecular weight is 538 g/mol. The van der Waals surface area contributed by atoms with Crippen LogP contribution in [0.15, 0.2) is 60.8 Å². The van der Waals surface area contributed by atoms with Crippen LogP contribution in [-0.4, -0.2) is 53.3 Å². The molecule has 4 aromatic rings. The van der Waals surface area contributed by atoms with Gasteiger partial charge in [0.1, 0.15) is 11.5 Å². The number of thiophene rings is 1. The molecule has 1 aromatic carbocycles. The Morgan fingerprint density at radius 3 is 2.69 bits per heavy atom. The minimum Gasteiger partial charge on any atom is -0.378 e. The number of carbonyl (C=O) groups is 1. The number of aryl methyl sites for hydroxylation is 1. The summed E-state index contributed by atoms with van der Waals surface area (Å²) in [5, 5.41) is 3.10. The van der Waals surface area contributed by atoms with E-state index in [-0.39, 0.29) is 11.4 Å². The van der Waals surface area contributed by atoms with Crippen LogP contribution in [0.2, 0.25) is 0 Å². The topological polar surface area (TPSA) is 52.9 Å². The second-order valence-corrected chi connectivity index (χ2v) is 12.2. The molecule has 188 valence electrons. The van der Waals surface area contributed by atoms with E-state index in [9.17, 15) is 4.79 Å². The molecule has 2 amide bonds. The number of nitrogens with zero attached hydrogens (tertiary/aromatic N) is 4. The predicted octanol–water partition coefficient (Wildman–Crippen LogP) is 6.58. The number of piperidine rings is 1. The summed E-state index contributed by atoms with van der Waals surface area (Å²) in [6.45, 7) is 3.44. The van der Waals surface area contributed by atoms with Crippen LogP contribution in [0.3, 0.4) is 0 Å². The number of likely N-dealkylation sites (tertiary alicyclic amines) is 1. The molecule has 36 heavy (non-hydrogen) atoms. The van der Waals surface area contributed by atoms with Crippen molar-refractivity contribution in [1.82, 2.24) is 14.3 Å². The summed E-state index contributed by atoms with van der Waals surface area (Å²) in [6.07, 6.45) is 3.97. The lowest BCUT2D eigenvalue weighted by molar-refractivity contribution is 0.165. The molecule has 9 heteroatoms. The number of benzene rings is 1. The van der Waals surface area contributed by atoms with Crippen molar-refractivity contribution in [3.8, 4) is 10.6 Å². The van der Waals surface area contributed by atoms with Crippen LogP contribution < -0.4 is 10.2 Å². The van der Waals surface area contributed by atoms with Gasteiger partial charge in [-0.05, 0) is 68.3 Å². The molecule has 1 fully saturated rings. The Kier molecular flexibility index (Phi) is 7.23. The number of thiol groups is 1. The Morgan fingerprint density at radius 1 is 1.19 bits per heavy atom. The van der Waals surface area contributed by atoms with E-state index in [2.05, 4.69) is 58.8 Å². The highest BCUT2D eigenvalue weighted by atomic mass is 33.1. The quantitative estimate of drug-likeness (QED) is 0.215. The van der Waals surface area contributed by atoms with Crippen LogP contribution in [0.5, 0.6) is 0 Å². The van der Waals surface area contributed by atoms with Gasteiger partial charge >= 0.3 is 6.03 Å². The summed E-state index contributed by atoms with van der Waals surface area (Å²) < 4.78 is 2.22. The number of imidazole rings is 1. The highest BCUT2D eigenvalue weighted by Gasteiger charge is 2.42. The van der Waals surface area contributed by atoms with Gasteiger partial charge in [0.2, 0.25) is 0 Å². The molecule has 1 aliphatic rings. The molecule has 3 aromatic heterocycles. The maximum Gasteiger partial charge on any atom is 0.321 e. The van der Waals surface area contributed by atoms with Gasteiger partial charge in [-0.15, -0.1) is 23.0 Å². The van der Waals surface area contributed by atoms with Gasteiger partial charge in [0.05, 0.1) is 15.8 Å². The Labute approximate surface area is 225 Å². The number of urea groups is 1. The number of amides is 2. The maximum absolute atomic E-state index is 13.4. The number of pyridine rings is 1. The molecule has 4 heterocycles. The molecule has 1 aliphatic heterocycles. The van der Waals surface area contributed by atoms with E-state index in [4.69, 9.17) is 4.98 Å². The summed E-state index contributed by atoms with van der Waals surface area (Å²) in [6, 6.07) is 18.4. The molecule has 0 aliphatic carbocycles. The van der Waals surface area contributed by atoms with Crippen LogP contribution in [0.25, 0.3) is 16.1 Å². The lowest BCUT2D eigenvalue weighted by Crippen LogP contribution is -2.51. The second kappa shape index (κ2) is 10.4. The first-order valence-electron chi connectivity index (χ1n) is 12.0. The van der Waals surface area contributed by atoms with Gasteiger partial charge < -0.3 is 19.5 Å². The van der Waals surface area contributed by atoms with E-state index >= 15 is 0 Å². The molecule has 0 radical (unpaired) electrons. The molecule has 0 saturated carbocycles. The number of nitrogens with one attached hydrogen (secondary N) is 1. The smallest absolute Gasteiger partial charge is 0.321 e. The molecule has 5 rings (SSSR count). The minimum absolute atomic E-state index is 0.0733. The van der Waals surface area contributed by atoms with E-state index in [1.807, 2.05) is 54.2 Å². The van der Waals surface area contributed by atoms with Crippen molar-refractivity contribution >= 4 is 56.7 Å². The highest BCUT2D eigenvalue weighted by Crippen LogP contribution is 2.41. The fourth-order valence-corrected chi connectivity index (χ4v) is 7.21. The van der Waals surface area contributed by atoms with Crippen molar-refractivity contribution in [3.05, 3.63) is 71.5 Å². The summed E-state index contributed by atoms with van der Waals surface area (Å²) in [5.74, 6) is 1.78. The second-order valence-electron chi connectivity index (χ2n) is 9.60. The van der Waals surface area contributed by atoms with Crippen molar-refractivity contribution in [2.45, 2.75) is 25.2 Å². The number of rotatable bonds is 6. The molecular weight excluding hydrogens is 507 g/mol. The first-order chi connectivity index (χ1) is 17.4. The van der Waals surface area contributed by atoms with Crippen LogP contribution in [0.1, 0.15) is 23.5 Å². The van der Waals surface area contributed by atoms with Gasteiger partial charge in [0.15, 0.2) is 0 Å². The maximum atomic E-state index is 13.4. The molecule has 1 N–H and O–H groups in total. The van der Waals surface area contributed by atoms with Gasteiger partial charge in [-0.25, -0.2) is 9.78 Å². The Morgan fingerprint density at radius 2 is 2.00 bits per heavy atom. The van der Waals surface area contributed by atoms with Crippen molar-refractivity contribution in [3.63, 3.8) is 0 Å². The Hall–Kier alpha value is -2.62. The summed E-state index contributed by atoms with van der Waals surface area (Å²) in [7, 11) is 5.53. The molecule has 0 spiro atoms. The first-order valence-corrected chi connectivity index (χ1v) is 14.9. The zero-order chi connectivity index (χ0) is 25.3. The highest BCUT2D eigenvalue weighted by molar-refractivity contribution is 8.68. The monoisotopic (exact) mass is 537 g/mol. The third kappa shape index (κ3) is 4.84. The molecule has 0 unspecified atom stereocenters. The summed E-state index contributed by atoms with van der Waals surface area (Å²) in [5.41, 5.74) is 3.70. The summed E-state index contributed by atoms with van der Waals surface area (Å²) >= 11 is 6.32. The van der Waals surface area contributed by atoms with E-state index in [1.165, 1.54) is 20.5 Å². The van der Waals surface area contributed by atoms with E-state index in [0.717, 1.165) is 53.5 Å². The van der Waals surface area contributed by atoms with Gasteiger partial charge in [-0.3, -0.25) is 0 Å². The van der Waals surface area contributed by atoms with E-state index < -0.39 is 0 Å². The Bertz CT molecular complexity index is 1360. The average Bonchev–Trinajstić information content (AvgIpc) is 3.48. The number of hydrogen-bond acceptors (Lipinski definition) is 6. The van der Waals surface area contributed by atoms with E-state index in [0.29, 0.717) is 6.54 Å².